The zero-order chi connectivity index (χ0) is 15.7. The maximum absolute atomic E-state index is 3.30. The SMILES string of the molecule is Cc1cccc2c1C=[C-]C2C.Cc1cccc2c1C=[C-]C2C.[Cl-].[Cl-].[Zr+4]. The summed E-state index contributed by atoms with van der Waals surface area (Å²) in [5.74, 6) is 0.981. The van der Waals surface area contributed by atoms with Crippen LogP contribution < -0.4 is 24.8 Å². The van der Waals surface area contributed by atoms with Gasteiger partial charge in [0, 0.05) is 0 Å². The summed E-state index contributed by atoms with van der Waals surface area (Å²) < 4.78 is 0. The summed E-state index contributed by atoms with van der Waals surface area (Å²) in [5.41, 5.74) is 8.31. The van der Waals surface area contributed by atoms with Crippen LogP contribution in [0.4, 0.5) is 0 Å². The molecule has 2 aliphatic carbocycles. The van der Waals surface area contributed by atoms with Crippen molar-refractivity contribution in [1.29, 1.82) is 0 Å². The number of rotatable bonds is 0. The number of hydrogen-bond donors (Lipinski definition) is 0. The quantitative estimate of drug-likeness (QED) is 0.493. The van der Waals surface area contributed by atoms with Gasteiger partial charge in [-0.1, -0.05) is 75.9 Å². The third-order valence-corrected chi connectivity index (χ3v) is 4.60. The topological polar surface area (TPSA) is 0 Å². The Morgan fingerprint density at radius 2 is 1.04 bits per heavy atom. The largest absolute Gasteiger partial charge is 4.00 e. The fraction of sp³-hybridized carbons (Fsp3) is 0.273. The Morgan fingerprint density at radius 3 is 1.36 bits per heavy atom. The first kappa shape index (κ1) is 24.4. The van der Waals surface area contributed by atoms with Crippen LogP contribution in [0.15, 0.2) is 36.4 Å². The van der Waals surface area contributed by atoms with E-state index < -0.39 is 0 Å². The van der Waals surface area contributed by atoms with E-state index in [4.69, 9.17) is 0 Å². The van der Waals surface area contributed by atoms with Crippen molar-refractivity contribution in [2.75, 3.05) is 0 Å². The Labute approximate surface area is 183 Å². The smallest absolute Gasteiger partial charge is 1.00 e. The number of aryl methyl sites for hydroxylation is 2. The number of benzene rings is 2. The molecule has 25 heavy (non-hydrogen) atoms. The van der Waals surface area contributed by atoms with E-state index in [-0.39, 0.29) is 51.0 Å². The molecule has 0 bridgehead atoms. The van der Waals surface area contributed by atoms with Crippen LogP contribution in [0.5, 0.6) is 0 Å². The molecule has 0 heterocycles. The second-order valence-corrected chi connectivity index (χ2v) is 6.22. The van der Waals surface area contributed by atoms with Gasteiger partial charge < -0.3 is 24.8 Å². The van der Waals surface area contributed by atoms with Crippen LogP contribution in [-0.2, 0) is 26.2 Å². The maximum Gasteiger partial charge on any atom is 4.00 e. The predicted octanol–water partition coefficient (Wildman–Crippen LogP) is -0.137. The Balaban J connectivity index is 0.000000411. The van der Waals surface area contributed by atoms with Crippen molar-refractivity contribution < 1.29 is 51.0 Å². The molecular weight excluding hydrogens is 426 g/mol. The zero-order valence-corrected chi connectivity index (χ0v) is 19.0. The van der Waals surface area contributed by atoms with E-state index in [1.54, 1.807) is 0 Å². The van der Waals surface area contributed by atoms with Gasteiger partial charge in [-0.3, -0.25) is 12.2 Å². The number of fused-ring (bicyclic) bond motifs is 2. The van der Waals surface area contributed by atoms with Crippen LogP contribution in [0.25, 0.3) is 12.2 Å². The molecule has 0 spiro atoms. The summed E-state index contributed by atoms with van der Waals surface area (Å²) in [6.07, 6.45) is 10.8. The second-order valence-electron chi connectivity index (χ2n) is 6.22. The molecule has 0 saturated carbocycles. The van der Waals surface area contributed by atoms with E-state index in [2.05, 4.69) is 88.4 Å². The Hall–Kier alpha value is -0.617. The van der Waals surface area contributed by atoms with Gasteiger partial charge in [0.15, 0.2) is 0 Å². The normalized spacial score (nSPS) is 17.9. The molecule has 3 heteroatoms. The zero-order valence-electron chi connectivity index (χ0n) is 15.0. The van der Waals surface area contributed by atoms with Gasteiger partial charge in [-0.25, -0.2) is 12.2 Å². The summed E-state index contributed by atoms with van der Waals surface area (Å²) in [6.45, 7) is 8.66. The van der Waals surface area contributed by atoms with E-state index >= 15 is 0 Å². The average molecular weight is 449 g/mol. The van der Waals surface area contributed by atoms with Gasteiger partial charge in [0.05, 0.1) is 0 Å². The molecular formula is C22H22Cl2Zr. The summed E-state index contributed by atoms with van der Waals surface area (Å²) in [6, 6.07) is 12.9. The van der Waals surface area contributed by atoms with Crippen LogP contribution >= 0.6 is 0 Å². The van der Waals surface area contributed by atoms with Crippen LogP contribution in [0, 0.1) is 26.0 Å². The molecule has 0 amide bonds. The molecule has 2 aromatic carbocycles. The van der Waals surface area contributed by atoms with Crippen molar-refractivity contribution in [3.8, 4) is 0 Å². The second kappa shape index (κ2) is 10.5. The molecule has 2 atom stereocenters. The molecule has 128 valence electrons. The van der Waals surface area contributed by atoms with Crippen molar-refractivity contribution in [3.63, 3.8) is 0 Å². The van der Waals surface area contributed by atoms with Crippen molar-refractivity contribution >= 4 is 12.2 Å². The third-order valence-electron chi connectivity index (χ3n) is 4.60. The molecule has 0 saturated heterocycles. The van der Waals surface area contributed by atoms with Gasteiger partial charge in [-0.05, 0) is 0 Å². The Kier molecular flexibility index (Phi) is 10.3. The minimum atomic E-state index is 0. The van der Waals surface area contributed by atoms with Gasteiger partial charge in [-0.2, -0.15) is 11.1 Å². The molecule has 0 aliphatic heterocycles. The predicted molar refractivity (Wildman–Crippen MR) is 94.6 cm³/mol. The fourth-order valence-electron chi connectivity index (χ4n) is 3.15. The van der Waals surface area contributed by atoms with E-state index in [9.17, 15) is 0 Å². The minimum Gasteiger partial charge on any atom is -1.00 e. The van der Waals surface area contributed by atoms with Crippen molar-refractivity contribution in [3.05, 3.63) is 81.9 Å². The monoisotopic (exact) mass is 446 g/mol. The Bertz CT molecular complexity index is 697. The molecule has 0 radical (unpaired) electrons. The van der Waals surface area contributed by atoms with Crippen LogP contribution in [0.3, 0.4) is 0 Å². The third kappa shape index (κ3) is 5.19. The first-order valence-electron chi connectivity index (χ1n) is 7.95. The van der Waals surface area contributed by atoms with Crippen LogP contribution in [0.2, 0.25) is 0 Å². The van der Waals surface area contributed by atoms with E-state index in [1.807, 2.05) is 0 Å². The van der Waals surface area contributed by atoms with Gasteiger partial charge in [0.25, 0.3) is 0 Å². The first-order valence-corrected chi connectivity index (χ1v) is 7.95. The first-order chi connectivity index (χ1) is 10.6. The number of allylic oxidation sites excluding steroid dienone is 2. The molecule has 4 rings (SSSR count). The molecule has 2 aliphatic rings. The molecule has 2 aromatic rings. The maximum atomic E-state index is 3.30. The summed E-state index contributed by atoms with van der Waals surface area (Å²) in [5, 5.41) is 0. The average Bonchev–Trinajstić information content (AvgIpc) is 3.07. The van der Waals surface area contributed by atoms with Crippen molar-refractivity contribution in [2.45, 2.75) is 39.5 Å². The molecule has 0 aromatic heterocycles. The van der Waals surface area contributed by atoms with Crippen LogP contribution in [0.1, 0.15) is 59.1 Å². The van der Waals surface area contributed by atoms with E-state index in [1.165, 1.54) is 33.4 Å². The molecule has 0 nitrogen and oxygen atoms in total. The number of hydrogen-bond acceptors (Lipinski definition) is 0. The molecule has 0 fully saturated rings. The fourth-order valence-corrected chi connectivity index (χ4v) is 3.15. The van der Waals surface area contributed by atoms with Crippen molar-refractivity contribution in [1.82, 2.24) is 0 Å². The van der Waals surface area contributed by atoms with Gasteiger partial charge >= 0.3 is 26.2 Å². The number of halogens is 2. The van der Waals surface area contributed by atoms with Gasteiger partial charge in [0.2, 0.25) is 0 Å². The van der Waals surface area contributed by atoms with Crippen molar-refractivity contribution in [2.24, 2.45) is 0 Å². The Morgan fingerprint density at radius 1 is 0.680 bits per heavy atom. The summed E-state index contributed by atoms with van der Waals surface area (Å²) in [4.78, 5) is 0. The van der Waals surface area contributed by atoms with E-state index in [0.29, 0.717) is 11.8 Å². The van der Waals surface area contributed by atoms with Gasteiger partial charge in [0.1, 0.15) is 0 Å². The summed E-state index contributed by atoms with van der Waals surface area (Å²) in [7, 11) is 0. The van der Waals surface area contributed by atoms with E-state index in [0.717, 1.165) is 0 Å². The van der Waals surface area contributed by atoms with Crippen LogP contribution in [-0.4, -0.2) is 0 Å². The molecule has 2 unspecified atom stereocenters. The van der Waals surface area contributed by atoms with Gasteiger partial charge in [-0.15, -0.1) is 22.3 Å². The standard InChI is InChI=1S/2C11H11.2ClH.Zr/c2*1-8-4-3-5-10-9(2)6-7-11(8)10;;;/h2*3-5,7,9H,1-2H3;2*1H;/q2*-1;;;+4/p-2. The summed E-state index contributed by atoms with van der Waals surface area (Å²) >= 11 is 0. The minimum absolute atomic E-state index is 0. The molecule has 0 N–H and O–H groups in total.